The Bertz CT molecular complexity index is 662. The van der Waals surface area contributed by atoms with Crippen molar-refractivity contribution in [1.29, 1.82) is 0 Å². The molecule has 1 aliphatic rings. The van der Waals surface area contributed by atoms with Crippen LogP contribution in [0, 0.1) is 11.7 Å². The van der Waals surface area contributed by atoms with Crippen LogP contribution in [0.5, 0.6) is 5.75 Å². The second kappa shape index (κ2) is 5.21. The van der Waals surface area contributed by atoms with Gasteiger partial charge in [0.15, 0.2) is 11.6 Å². The molecule has 0 radical (unpaired) electrons. The molecule has 0 aromatic heterocycles. The Kier molecular flexibility index (Phi) is 3.93. The summed E-state index contributed by atoms with van der Waals surface area (Å²) < 4.78 is 41.3. The van der Waals surface area contributed by atoms with Crippen LogP contribution >= 0.6 is 10.7 Å². The normalized spacial score (nSPS) is 21.4. The highest BCUT2D eigenvalue weighted by Crippen LogP contribution is 2.32. The maximum atomic E-state index is 13.8. The number of nitrogens with one attached hydrogen (secondary N) is 1. The van der Waals surface area contributed by atoms with Crippen LogP contribution in [0.4, 0.5) is 4.39 Å². The third-order valence-corrected chi connectivity index (χ3v) is 4.49. The summed E-state index contributed by atoms with van der Waals surface area (Å²) in [6.07, 6.45) is 0.852. The maximum absolute atomic E-state index is 13.8. The highest BCUT2D eigenvalue weighted by Gasteiger charge is 2.34. The van der Waals surface area contributed by atoms with Gasteiger partial charge in [0.05, 0.1) is 7.11 Å². The number of carbonyl (C=O) groups excluding carboxylic acids is 1. The van der Waals surface area contributed by atoms with Gasteiger partial charge in [-0.2, -0.15) is 0 Å². The SMILES string of the molecule is COc1c(F)cc(C(=O)NC2CC2C)cc1S(=O)(=O)Cl. The minimum atomic E-state index is -4.22. The molecule has 2 atom stereocenters. The van der Waals surface area contributed by atoms with Crippen molar-refractivity contribution in [1.82, 2.24) is 5.32 Å². The molecule has 1 aromatic rings. The number of hydrogen-bond acceptors (Lipinski definition) is 4. The summed E-state index contributed by atoms with van der Waals surface area (Å²) in [6, 6.07) is 1.98. The fourth-order valence-electron chi connectivity index (χ4n) is 1.85. The van der Waals surface area contributed by atoms with Crippen molar-refractivity contribution >= 4 is 25.6 Å². The number of ether oxygens (including phenoxy) is 1. The first kappa shape index (κ1) is 15.1. The van der Waals surface area contributed by atoms with Crippen LogP contribution in [-0.2, 0) is 9.05 Å². The van der Waals surface area contributed by atoms with E-state index >= 15 is 0 Å². The second-order valence-corrected chi connectivity index (χ2v) is 7.25. The number of hydrogen-bond donors (Lipinski definition) is 1. The van der Waals surface area contributed by atoms with Crippen LogP contribution in [0.2, 0.25) is 0 Å². The monoisotopic (exact) mass is 321 g/mol. The summed E-state index contributed by atoms with van der Waals surface area (Å²) in [5.74, 6) is -1.62. The van der Waals surface area contributed by atoms with E-state index in [0.717, 1.165) is 25.7 Å². The molecule has 5 nitrogen and oxygen atoms in total. The Morgan fingerprint density at radius 1 is 1.50 bits per heavy atom. The van der Waals surface area contributed by atoms with Gasteiger partial charge in [-0.05, 0) is 24.5 Å². The minimum absolute atomic E-state index is 0.0451. The first-order valence-corrected chi connectivity index (χ1v) is 8.18. The van der Waals surface area contributed by atoms with E-state index in [4.69, 9.17) is 10.7 Å². The van der Waals surface area contributed by atoms with E-state index in [2.05, 4.69) is 10.1 Å². The molecule has 110 valence electrons. The topological polar surface area (TPSA) is 72.5 Å². The molecule has 1 N–H and O–H groups in total. The minimum Gasteiger partial charge on any atom is -0.492 e. The molecule has 1 fully saturated rings. The average Bonchev–Trinajstić information content (AvgIpc) is 3.02. The van der Waals surface area contributed by atoms with E-state index in [1.807, 2.05) is 6.92 Å². The lowest BCUT2D eigenvalue weighted by Gasteiger charge is -2.10. The number of benzene rings is 1. The fourth-order valence-corrected chi connectivity index (χ4v) is 2.87. The molecule has 8 heteroatoms. The molecule has 2 unspecified atom stereocenters. The zero-order valence-corrected chi connectivity index (χ0v) is 12.4. The molecule has 2 rings (SSSR count). The van der Waals surface area contributed by atoms with E-state index in [1.165, 1.54) is 0 Å². The van der Waals surface area contributed by atoms with E-state index in [9.17, 15) is 17.6 Å². The van der Waals surface area contributed by atoms with Crippen molar-refractivity contribution in [2.45, 2.75) is 24.3 Å². The van der Waals surface area contributed by atoms with Gasteiger partial charge in [-0.1, -0.05) is 6.92 Å². The Morgan fingerprint density at radius 2 is 2.10 bits per heavy atom. The maximum Gasteiger partial charge on any atom is 0.265 e. The molecular weight excluding hydrogens is 309 g/mol. The van der Waals surface area contributed by atoms with Gasteiger partial charge in [0.2, 0.25) is 0 Å². The molecule has 1 aromatic carbocycles. The standard InChI is InChI=1S/C12H13ClFNO4S/c1-6-3-9(6)15-12(16)7-4-8(14)11(19-2)10(5-7)20(13,17)18/h4-6,9H,3H2,1-2H3,(H,15,16). The summed E-state index contributed by atoms with van der Waals surface area (Å²) in [5.41, 5.74) is -0.110. The highest BCUT2D eigenvalue weighted by atomic mass is 35.7. The first-order chi connectivity index (χ1) is 9.24. The third kappa shape index (κ3) is 3.04. The summed E-state index contributed by atoms with van der Waals surface area (Å²) in [5, 5.41) is 2.68. The Balaban J connectivity index is 2.40. The number of amides is 1. The molecule has 1 aliphatic carbocycles. The highest BCUT2D eigenvalue weighted by molar-refractivity contribution is 8.13. The Hall–Kier alpha value is -1.34. The van der Waals surface area contributed by atoms with E-state index in [0.29, 0.717) is 5.92 Å². The van der Waals surface area contributed by atoms with Gasteiger partial charge in [0.25, 0.3) is 15.0 Å². The van der Waals surface area contributed by atoms with Crippen molar-refractivity contribution in [2.24, 2.45) is 5.92 Å². The summed E-state index contributed by atoms with van der Waals surface area (Å²) in [4.78, 5) is 11.4. The van der Waals surface area contributed by atoms with Crippen LogP contribution in [-0.4, -0.2) is 27.5 Å². The number of rotatable bonds is 4. The zero-order chi connectivity index (χ0) is 15.1. The van der Waals surface area contributed by atoms with Gasteiger partial charge in [-0.15, -0.1) is 0 Å². The first-order valence-electron chi connectivity index (χ1n) is 5.87. The molecule has 1 saturated carbocycles. The molecular formula is C12H13ClFNO4S. The van der Waals surface area contributed by atoms with Crippen LogP contribution in [0.25, 0.3) is 0 Å². The smallest absolute Gasteiger partial charge is 0.265 e. The van der Waals surface area contributed by atoms with Crippen LogP contribution < -0.4 is 10.1 Å². The molecule has 0 saturated heterocycles. The largest absolute Gasteiger partial charge is 0.492 e. The lowest BCUT2D eigenvalue weighted by molar-refractivity contribution is 0.0948. The molecule has 0 spiro atoms. The third-order valence-electron chi connectivity index (χ3n) is 3.16. The van der Waals surface area contributed by atoms with Gasteiger partial charge in [0.1, 0.15) is 4.90 Å². The van der Waals surface area contributed by atoms with Crippen molar-refractivity contribution < 1.29 is 22.3 Å². The number of methoxy groups -OCH3 is 1. The average molecular weight is 322 g/mol. The second-order valence-electron chi connectivity index (χ2n) is 4.72. The van der Waals surface area contributed by atoms with Gasteiger partial charge < -0.3 is 10.1 Å². The molecule has 20 heavy (non-hydrogen) atoms. The predicted octanol–water partition coefficient (Wildman–Crippen LogP) is 1.90. The fraction of sp³-hybridized carbons (Fsp3) is 0.417. The molecule has 0 aliphatic heterocycles. The van der Waals surface area contributed by atoms with Crippen LogP contribution in [0.15, 0.2) is 17.0 Å². The summed E-state index contributed by atoms with van der Waals surface area (Å²) in [7, 11) is 2.13. The number of carbonyl (C=O) groups is 1. The van der Waals surface area contributed by atoms with Gasteiger partial charge in [-0.25, -0.2) is 12.8 Å². The van der Waals surface area contributed by atoms with E-state index in [-0.39, 0.29) is 11.6 Å². The van der Waals surface area contributed by atoms with Crippen LogP contribution in [0.3, 0.4) is 0 Å². The van der Waals surface area contributed by atoms with Crippen molar-refractivity contribution in [3.05, 3.63) is 23.5 Å². The molecule has 0 bridgehead atoms. The van der Waals surface area contributed by atoms with Gasteiger partial charge in [-0.3, -0.25) is 4.79 Å². The summed E-state index contributed by atoms with van der Waals surface area (Å²) in [6.45, 7) is 1.97. The Morgan fingerprint density at radius 3 is 2.55 bits per heavy atom. The summed E-state index contributed by atoms with van der Waals surface area (Å²) >= 11 is 0. The van der Waals surface area contributed by atoms with Gasteiger partial charge >= 0.3 is 0 Å². The predicted molar refractivity (Wildman–Crippen MR) is 71.0 cm³/mol. The van der Waals surface area contributed by atoms with Crippen molar-refractivity contribution in [2.75, 3.05) is 7.11 Å². The lowest BCUT2D eigenvalue weighted by Crippen LogP contribution is -2.26. The quantitative estimate of drug-likeness (QED) is 0.860. The van der Waals surface area contributed by atoms with E-state index < -0.39 is 31.4 Å². The lowest BCUT2D eigenvalue weighted by atomic mass is 10.2. The number of halogens is 2. The van der Waals surface area contributed by atoms with Crippen molar-refractivity contribution in [3.8, 4) is 5.75 Å². The van der Waals surface area contributed by atoms with Crippen LogP contribution in [0.1, 0.15) is 23.7 Å². The Labute approximate surface area is 120 Å². The molecule has 1 amide bonds. The van der Waals surface area contributed by atoms with Gasteiger partial charge in [0, 0.05) is 22.3 Å². The molecule has 0 heterocycles. The van der Waals surface area contributed by atoms with Crippen molar-refractivity contribution in [3.63, 3.8) is 0 Å². The van der Waals surface area contributed by atoms with E-state index in [1.54, 1.807) is 0 Å². The zero-order valence-electron chi connectivity index (χ0n) is 10.8.